The van der Waals surface area contributed by atoms with Crippen molar-refractivity contribution in [3.63, 3.8) is 0 Å². The molecular formula is C17H21ClN2O5. The van der Waals surface area contributed by atoms with Gasteiger partial charge in [-0.05, 0) is 24.7 Å². The van der Waals surface area contributed by atoms with Gasteiger partial charge in [0.25, 0.3) is 5.56 Å². The quantitative estimate of drug-likeness (QED) is 0.775. The molecule has 0 amide bonds. The average molecular weight is 369 g/mol. The molecule has 8 heteroatoms. The minimum absolute atomic E-state index is 0.0443. The highest BCUT2D eigenvalue weighted by Crippen LogP contribution is 2.34. The zero-order chi connectivity index (χ0) is 18.6. The standard InChI is InChI=1S/C15H17ClN2O3.C2H4O2/c1-17-7-10-9-5-14(21-2)12(16)6-13(9)18(3-4-19)15(20)11(10)8-17;3-1-2-4/h5-6,19H,3-4,7-8H2,1-2H3;1,4H,2H2. The van der Waals surface area contributed by atoms with Crippen molar-refractivity contribution in [2.75, 3.05) is 27.4 Å². The van der Waals surface area contributed by atoms with Crippen molar-refractivity contribution >= 4 is 28.8 Å². The van der Waals surface area contributed by atoms with E-state index < -0.39 is 0 Å². The highest BCUT2D eigenvalue weighted by molar-refractivity contribution is 6.32. The summed E-state index contributed by atoms with van der Waals surface area (Å²) in [4.78, 5) is 23.6. The van der Waals surface area contributed by atoms with Gasteiger partial charge in [0.05, 0.1) is 30.9 Å². The van der Waals surface area contributed by atoms with Gasteiger partial charge in [-0.25, -0.2) is 0 Å². The van der Waals surface area contributed by atoms with Crippen LogP contribution in [0.25, 0.3) is 10.9 Å². The monoisotopic (exact) mass is 368 g/mol. The molecule has 0 saturated carbocycles. The number of aldehydes is 1. The fourth-order valence-electron chi connectivity index (χ4n) is 2.99. The van der Waals surface area contributed by atoms with Gasteiger partial charge in [-0.1, -0.05) is 11.6 Å². The fourth-order valence-corrected chi connectivity index (χ4v) is 3.22. The molecule has 0 bridgehead atoms. The Balaban J connectivity index is 0.000000511. The molecule has 2 heterocycles. The maximum atomic E-state index is 12.6. The van der Waals surface area contributed by atoms with Gasteiger partial charge in [-0.15, -0.1) is 0 Å². The number of benzene rings is 1. The van der Waals surface area contributed by atoms with E-state index in [1.165, 1.54) is 0 Å². The second kappa shape index (κ2) is 8.44. The molecule has 1 aliphatic heterocycles. The molecule has 0 fully saturated rings. The number of carbonyl (C=O) groups is 1. The molecule has 0 unspecified atom stereocenters. The van der Waals surface area contributed by atoms with E-state index in [2.05, 4.69) is 4.90 Å². The highest BCUT2D eigenvalue weighted by atomic mass is 35.5. The van der Waals surface area contributed by atoms with E-state index in [1.807, 2.05) is 13.1 Å². The van der Waals surface area contributed by atoms with E-state index in [4.69, 9.17) is 26.2 Å². The number of aliphatic hydroxyl groups is 2. The smallest absolute Gasteiger partial charge is 0.255 e. The SMILES string of the molecule is COc1cc2c3c(c(=O)n(CCO)c2cc1Cl)CN(C)C3.O=CCO. The van der Waals surface area contributed by atoms with Crippen LogP contribution in [0.5, 0.6) is 5.75 Å². The zero-order valence-corrected chi connectivity index (χ0v) is 14.9. The molecule has 136 valence electrons. The van der Waals surface area contributed by atoms with Gasteiger partial charge in [0.2, 0.25) is 0 Å². The first kappa shape index (κ1) is 19.4. The van der Waals surface area contributed by atoms with Crippen molar-refractivity contribution in [1.82, 2.24) is 9.47 Å². The van der Waals surface area contributed by atoms with Gasteiger partial charge in [0.15, 0.2) is 0 Å². The number of nitrogens with zero attached hydrogens (tertiary/aromatic N) is 2. The number of aromatic nitrogens is 1. The third kappa shape index (κ3) is 3.85. The lowest BCUT2D eigenvalue weighted by molar-refractivity contribution is -0.110. The van der Waals surface area contributed by atoms with Crippen LogP contribution in [0.1, 0.15) is 11.1 Å². The molecule has 0 saturated heterocycles. The summed E-state index contributed by atoms with van der Waals surface area (Å²) in [5, 5.41) is 18.2. The van der Waals surface area contributed by atoms with Crippen LogP contribution in [-0.2, 0) is 24.4 Å². The molecule has 3 rings (SSSR count). The molecule has 1 aromatic carbocycles. The lowest BCUT2D eigenvalue weighted by Crippen LogP contribution is -2.26. The predicted molar refractivity (Wildman–Crippen MR) is 95.2 cm³/mol. The summed E-state index contributed by atoms with van der Waals surface area (Å²) in [7, 11) is 3.55. The van der Waals surface area contributed by atoms with E-state index in [9.17, 15) is 9.90 Å². The van der Waals surface area contributed by atoms with Crippen molar-refractivity contribution < 1.29 is 19.7 Å². The summed E-state index contributed by atoms with van der Waals surface area (Å²) in [5.41, 5.74) is 2.52. The number of methoxy groups -OCH3 is 1. The molecule has 0 aliphatic carbocycles. The van der Waals surface area contributed by atoms with Crippen molar-refractivity contribution in [1.29, 1.82) is 0 Å². The summed E-state index contributed by atoms with van der Waals surface area (Å²) in [6, 6.07) is 3.62. The molecule has 2 aromatic rings. The van der Waals surface area contributed by atoms with E-state index in [0.29, 0.717) is 23.6 Å². The molecule has 0 spiro atoms. The molecule has 2 N–H and O–H groups in total. The van der Waals surface area contributed by atoms with Gasteiger partial charge < -0.3 is 24.3 Å². The number of carbonyl (C=O) groups excluding carboxylic acids is 1. The second-order valence-corrected chi connectivity index (χ2v) is 6.07. The Morgan fingerprint density at radius 1 is 1.28 bits per heavy atom. The number of hydrogen-bond acceptors (Lipinski definition) is 6. The molecule has 25 heavy (non-hydrogen) atoms. The Kier molecular flexibility index (Phi) is 6.55. The van der Waals surface area contributed by atoms with Gasteiger partial charge >= 0.3 is 0 Å². The second-order valence-electron chi connectivity index (χ2n) is 5.66. The lowest BCUT2D eigenvalue weighted by Gasteiger charge is -2.14. The van der Waals surface area contributed by atoms with Crippen LogP contribution in [0.2, 0.25) is 5.02 Å². The van der Waals surface area contributed by atoms with Crippen LogP contribution < -0.4 is 10.3 Å². The molecule has 0 radical (unpaired) electrons. The predicted octanol–water partition coefficient (Wildman–Crippen LogP) is 0.779. The Morgan fingerprint density at radius 3 is 2.48 bits per heavy atom. The lowest BCUT2D eigenvalue weighted by atomic mass is 10.0. The minimum atomic E-state index is -0.361. The third-order valence-electron chi connectivity index (χ3n) is 4.01. The van der Waals surface area contributed by atoms with Crippen molar-refractivity contribution in [3.05, 3.63) is 38.6 Å². The maximum Gasteiger partial charge on any atom is 0.255 e. The number of aliphatic hydroxyl groups excluding tert-OH is 2. The van der Waals surface area contributed by atoms with Crippen LogP contribution in [0.4, 0.5) is 0 Å². The van der Waals surface area contributed by atoms with Crippen LogP contribution in [-0.4, -0.2) is 53.3 Å². The first-order chi connectivity index (χ1) is 12.0. The van der Waals surface area contributed by atoms with E-state index in [-0.39, 0.29) is 25.3 Å². The third-order valence-corrected chi connectivity index (χ3v) is 4.30. The van der Waals surface area contributed by atoms with Gasteiger partial charge in [0.1, 0.15) is 12.0 Å². The normalized spacial score (nSPS) is 13.3. The van der Waals surface area contributed by atoms with E-state index in [0.717, 1.165) is 28.6 Å². The van der Waals surface area contributed by atoms with E-state index >= 15 is 0 Å². The topological polar surface area (TPSA) is 92.0 Å². The summed E-state index contributed by atoms with van der Waals surface area (Å²) < 4.78 is 6.88. The highest BCUT2D eigenvalue weighted by Gasteiger charge is 2.24. The van der Waals surface area contributed by atoms with Gasteiger partial charge in [-0.2, -0.15) is 0 Å². The fraction of sp³-hybridized carbons (Fsp3) is 0.412. The maximum absolute atomic E-state index is 12.6. The summed E-state index contributed by atoms with van der Waals surface area (Å²) >= 11 is 6.19. The van der Waals surface area contributed by atoms with Crippen LogP contribution >= 0.6 is 11.6 Å². The summed E-state index contributed by atoms with van der Waals surface area (Å²) in [5.74, 6) is 0.593. The average Bonchev–Trinajstić information content (AvgIpc) is 3.00. The Labute approximate surface area is 150 Å². The number of pyridine rings is 1. The minimum Gasteiger partial charge on any atom is -0.495 e. The van der Waals surface area contributed by atoms with Crippen LogP contribution in [0.15, 0.2) is 16.9 Å². The number of ether oxygens (including phenoxy) is 1. The zero-order valence-electron chi connectivity index (χ0n) is 14.2. The Morgan fingerprint density at radius 2 is 1.92 bits per heavy atom. The van der Waals surface area contributed by atoms with Gasteiger partial charge in [-0.3, -0.25) is 9.69 Å². The Bertz CT molecular complexity index is 834. The number of hydrogen-bond donors (Lipinski definition) is 2. The van der Waals surface area contributed by atoms with Gasteiger partial charge in [0, 0.05) is 30.6 Å². The number of halogens is 1. The Hall–Kier alpha value is -1.93. The van der Waals surface area contributed by atoms with Crippen LogP contribution in [0.3, 0.4) is 0 Å². The number of fused-ring (bicyclic) bond motifs is 3. The molecule has 7 nitrogen and oxygen atoms in total. The van der Waals surface area contributed by atoms with E-state index in [1.54, 1.807) is 17.7 Å². The largest absolute Gasteiger partial charge is 0.495 e. The molecule has 0 atom stereocenters. The van der Waals surface area contributed by atoms with Crippen molar-refractivity contribution in [2.24, 2.45) is 0 Å². The summed E-state index contributed by atoms with van der Waals surface area (Å²) in [6.45, 7) is 1.16. The molecule has 1 aromatic heterocycles. The first-order valence-electron chi connectivity index (χ1n) is 7.74. The van der Waals surface area contributed by atoms with Crippen molar-refractivity contribution in [3.8, 4) is 5.75 Å². The summed E-state index contributed by atoms with van der Waals surface area (Å²) in [6.07, 6.45) is 0.431. The number of rotatable bonds is 4. The first-order valence-corrected chi connectivity index (χ1v) is 8.11. The molecular weight excluding hydrogens is 348 g/mol. The van der Waals surface area contributed by atoms with Crippen LogP contribution in [0, 0.1) is 0 Å². The van der Waals surface area contributed by atoms with Crippen molar-refractivity contribution in [2.45, 2.75) is 19.6 Å². The molecule has 1 aliphatic rings.